The number of halogens is 2. The van der Waals surface area contributed by atoms with Crippen molar-refractivity contribution < 1.29 is 13.5 Å². The van der Waals surface area contributed by atoms with Crippen LogP contribution in [-0.2, 0) is 7.05 Å². The number of aromatic nitrogens is 2. The molecule has 0 saturated heterocycles. The predicted octanol–water partition coefficient (Wildman–Crippen LogP) is 2.49. The van der Waals surface area contributed by atoms with Gasteiger partial charge in [0.1, 0.15) is 17.4 Å². The minimum Gasteiger partial charge on any atom is -0.437 e. The molecule has 0 spiro atoms. The van der Waals surface area contributed by atoms with Crippen LogP contribution in [0.3, 0.4) is 0 Å². The molecule has 5 heteroatoms. The molecule has 1 aromatic carbocycles. The van der Waals surface area contributed by atoms with Gasteiger partial charge >= 0.3 is 0 Å². The molecule has 1 heterocycles. The molecule has 0 fully saturated rings. The molecule has 3 nitrogen and oxygen atoms in total. The minimum absolute atomic E-state index is 0.0891. The number of aryl methyl sites for hydroxylation is 1. The largest absolute Gasteiger partial charge is 0.437 e. The third-order valence-corrected chi connectivity index (χ3v) is 1.75. The lowest BCUT2D eigenvalue weighted by molar-refractivity contribution is 0.444. The van der Waals surface area contributed by atoms with Gasteiger partial charge in [-0.05, 0) is 0 Å². The van der Waals surface area contributed by atoms with E-state index in [0.717, 1.165) is 18.2 Å². The smallest absolute Gasteiger partial charge is 0.238 e. The highest BCUT2D eigenvalue weighted by Gasteiger charge is 2.04. The Labute approximate surface area is 84.9 Å². The zero-order chi connectivity index (χ0) is 10.8. The highest BCUT2D eigenvalue weighted by molar-refractivity contribution is 5.27. The van der Waals surface area contributed by atoms with Crippen molar-refractivity contribution in [3.8, 4) is 11.6 Å². The average molecular weight is 210 g/mol. The maximum Gasteiger partial charge on any atom is 0.238 e. The fraction of sp³-hybridized carbons (Fsp3) is 0.100. The summed E-state index contributed by atoms with van der Waals surface area (Å²) in [6.07, 6.45) is 1.67. The van der Waals surface area contributed by atoms with Crippen molar-refractivity contribution in [1.29, 1.82) is 0 Å². The van der Waals surface area contributed by atoms with Crippen molar-refractivity contribution in [1.82, 2.24) is 9.78 Å². The summed E-state index contributed by atoms with van der Waals surface area (Å²) in [5.74, 6) is -0.976. The number of nitrogens with zero attached hydrogens (tertiary/aromatic N) is 2. The van der Waals surface area contributed by atoms with Gasteiger partial charge in [-0.25, -0.2) is 8.78 Å². The molecule has 0 aliphatic carbocycles. The van der Waals surface area contributed by atoms with Crippen LogP contribution in [0.5, 0.6) is 11.6 Å². The third-order valence-electron chi connectivity index (χ3n) is 1.75. The summed E-state index contributed by atoms with van der Waals surface area (Å²) in [5, 5.41) is 3.91. The molecule has 0 unspecified atom stereocenters. The molecule has 0 radical (unpaired) electrons. The quantitative estimate of drug-likeness (QED) is 0.761. The standard InChI is InChI=1S/C10H8F2N2O/c1-14-3-2-10(13-14)15-9-5-7(11)4-8(12)6-9/h2-6H,1H3. The highest BCUT2D eigenvalue weighted by Crippen LogP contribution is 2.21. The van der Waals surface area contributed by atoms with E-state index in [1.807, 2.05) is 0 Å². The van der Waals surface area contributed by atoms with Crippen LogP contribution in [0, 0.1) is 11.6 Å². The van der Waals surface area contributed by atoms with Crippen LogP contribution in [0.1, 0.15) is 0 Å². The van der Waals surface area contributed by atoms with Crippen LogP contribution < -0.4 is 4.74 Å². The Morgan fingerprint density at radius 3 is 2.40 bits per heavy atom. The van der Waals surface area contributed by atoms with Crippen LogP contribution in [0.15, 0.2) is 30.5 Å². The van der Waals surface area contributed by atoms with E-state index in [2.05, 4.69) is 5.10 Å². The summed E-state index contributed by atoms with van der Waals surface area (Å²) < 4.78 is 32.3. The molecular formula is C10H8F2N2O. The lowest BCUT2D eigenvalue weighted by Gasteiger charge is -2.01. The van der Waals surface area contributed by atoms with Gasteiger partial charge in [-0.3, -0.25) is 4.68 Å². The Bertz CT molecular complexity index is 462. The van der Waals surface area contributed by atoms with E-state index >= 15 is 0 Å². The predicted molar refractivity (Wildman–Crippen MR) is 49.6 cm³/mol. The molecule has 0 N–H and O–H groups in total. The summed E-state index contributed by atoms with van der Waals surface area (Å²) >= 11 is 0. The van der Waals surface area contributed by atoms with Crippen molar-refractivity contribution in [3.63, 3.8) is 0 Å². The van der Waals surface area contributed by atoms with E-state index in [1.165, 1.54) is 4.68 Å². The van der Waals surface area contributed by atoms with Crippen LogP contribution >= 0.6 is 0 Å². The molecule has 0 amide bonds. The Hall–Kier alpha value is -1.91. The maximum atomic E-state index is 12.8. The van der Waals surface area contributed by atoms with Crippen LogP contribution in [-0.4, -0.2) is 9.78 Å². The van der Waals surface area contributed by atoms with Crippen LogP contribution in [0.25, 0.3) is 0 Å². The SMILES string of the molecule is Cn1ccc(Oc2cc(F)cc(F)c2)n1. The molecule has 1 aromatic heterocycles. The lowest BCUT2D eigenvalue weighted by Crippen LogP contribution is -1.90. The Morgan fingerprint density at radius 1 is 1.20 bits per heavy atom. The third kappa shape index (κ3) is 2.31. The summed E-state index contributed by atoms with van der Waals surface area (Å²) in [6, 6.07) is 4.57. The topological polar surface area (TPSA) is 27.1 Å². The van der Waals surface area contributed by atoms with Gasteiger partial charge in [0.2, 0.25) is 5.88 Å². The van der Waals surface area contributed by atoms with Gasteiger partial charge in [0.15, 0.2) is 0 Å². The molecule has 78 valence electrons. The van der Waals surface area contributed by atoms with Crippen molar-refractivity contribution in [2.75, 3.05) is 0 Å². The van der Waals surface area contributed by atoms with Gasteiger partial charge in [0.05, 0.1) is 0 Å². The van der Waals surface area contributed by atoms with E-state index in [-0.39, 0.29) is 5.75 Å². The van der Waals surface area contributed by atoms with Gasteiger partial charge < -0.3 is 4.74 Å². The molecule has 0 bridgehead atoms. The zero-order valence-corrected chi connectivity index (χ0v) is 7.95. The van der Waals surface area contributed by atoms with Crippen LogP contribution in [0.2, 0.25) is 0 Å². The second kappa shape index (κ2) is 3.68. The molecule has 2 aromatic rings. The minimum atomic E-state index is -0.680. The molecule has 0 aliphatic rings. The number of hydrogen-bond acceptors (Lipinski definition) is 2. The highest BCUT2D eigenvalue weighted by atomic mass is 19.1. The summed E-state index contributed by atoms with van der Waals surface area (Å²) in [4.78, 5) is 0. The number of benzene rings is 1. The van der Waals surface area contributed by atoms with Gasteiger partial charge in [-0.1, -0.05) is 0 Å². The number of hydrogen-bond donors (Lipinski definition) is 0. The van der Waals surface area contributed by atoms with Crippen LogP contribution in [0.4, 0.5) is 8.78 Å². The van der Waals surface area contributed by atoms with Crippen molar-refractivity contribution >= 4 is 0 Å². The molecular weight excluding hydrogens is 202 g/mol. The van der Waals surface area contributed by atoms with Crippen molar-refractivity contribution in [2.45, 2.75) is 0 Å². The van der Waals surface area contributed by atoms with Gasteiger partial charge in [-0.2, -0.15) is 0 Å². The Balaban J connectivity index is 2.24. The lowest BCUT2D eigenvalue weighted by atomic mass is 10.3. The first-order valence-electron chi connectivity index (χ1n) is 4.27. The van der Waals surface area contributed by atoms with E-state index in [0.29, 0.717) is 5.88 Å². The monoisotopic (exact) mass is 210 g/mol. The number of rotatable bonds is 2. The maximum absolute atomic E-state index is 12.8. The molecule has 0 aliphatic heterocycles. The van der Waals surface area contributed by atoms with Crippen molar-refractivity contribution in [2.24, 2.45) is 7.05 Å². The summed E-state index contributed by atoms with van der Waals surface area (Å²) in [5.41, 5.74) is 0. The van der Waals surface area contributed by atoms with E-state index in [1.54, 1.807) is 19.3 Å². The second-order valence-corrected chi connectivity index (χ2v) is 3.03. The first-order chi connectivity index (χ1) is 7.13. The van der Waals surface area contributed by atoms with Crippen molar-refractivity contribution in [3.05, 3.63) is 42.1 Å². The number of ether oxygens (including phenoxy) is 1. The molecule has 0 atom stereocenters. The normalized spacial score (nSPS) is 10.3. The Kier molecular flexibility index (Phi) is 2.37. The molecule has 15 heavy (non-hydrogen) atoms. The zero-order valence-electron chi connectivity index (χ0n) is 7.95. The van der Waals surface area contributed by atoms with E-state index in [9.17, 15) is 8.78 Å². The van der Waals surface area contributed by atoms with Gasteiger partial charge in [-0.15, -0.1) is 5.10 Å². The first kappa shape index (κ1) is 9.64. The second-order valence-electron chi connectivity index (χ2n) is 3.03. The van der Waals surface area contributed by atoms with Gasteiger partial charge in [0, 0.05) is 37.5 Å². The Morgan fingerprint density at radius 2 is 1.87 bits per heavy atom. The van der Waals surface area contributed by atoms with Gasteiger partial charge in [0.25, 0.3) is 0 Å². The fourth-order valence-corrected chi connectivity index (χ4v) is 1.16. The molecule has 2 rings (SSSR count). The van der Waals surface area contributed by atoms with E-state index < -0.39 is 11.6 Å². The summed E-state index contributed by atoms with van der Waals surface area (Å²) in [6.45, 7) is 0. The van der Waals surface area contributed by atoms with E-state index in [4.69, 9.17) is 4.74 Å². The average Bonchev–Trinajstić information content (AvgIpc) is 2.49. The summed E-state index contributed by atoms with van der Waals surface area (Å²) in [7, 11) is 1.72. The molecule has 0 saturated carbocycles. The fourth-order valence-electron chi connectivity index (χ4n) is 1.16. The first-order valence-corrected chi connectivity index (χ1v) is 4.27.